The van der Waals surface area contributed by atoms with Gasteiger partial charge in [0.1, 0.15) is 10.8 Å². The van der Waals surface area contributed by atoms with E-state index in [1.54, 1.807) is 13.2 Å². The highest BCUT2D eigenvalue weighted by Crippen LogP contribution is 2.22. The van der Waals surface area contributed by atoms with E-state index in [1.807, 2.05) is 24.3 Å². The van der Waals surface area contributed by atoms with Crippen LogP contribution in [0.5, 0.6) is 11.6 Å². The van der Waals surface area contributed by atoms with Gasteiger partial charge in [0.25, 0.3) is 5.88 Å². The van der Waals surface area contributed by atoms with E-state index in [0.29, 0.717) is 17.3 Å². The third-order valence-corrected chi connectivity index (χ3v) is 2.78. The smallest absolute Gasteiger partial charge is 0.252 e. The second-order valence-corrected chi connectivity index (χ2v) is 4.12. The zero-order valence-corrected chi connectivity index (χ0v) is 10.9. The number of aromatic nitrogens is 2. The average Bonchev–Trinajstić information content (AvgIpc) is 2.40. The van der Waals surface area contributed by atoms with Crippen LogP contribution in [0.1, 0.15) is 11.3 Å². The van der Waals surface area contributed by atoms with Crippen LogP contribution in [-0.2, 0) is 6.42 Å². The molecule has 0 aliphatic carbocycles. The summed E-state index contributed by atoms with van der Waals surface area (Å²) < 4.78 is 10.1. The van der Waals surface area contributed by atoms with Crippen LogP contribution in [-0.4, -0.2) is 24.4 Å². The lowest BCUT2D eigenvalue weighted by Gasteiger charge is -2.05. The molecule has 5 heteroatoms. The van der Waals surface area contributed by atoms with E-state index >= 15 is 0 Å². The van der Waals surface area contributed by atoms with Gasteiger partial charge < -0.3 is 9.47 Å². The number of ether oxygens (including phenoxy) is 2. The summed E-state index contributed by atoms with van der Waals surface area (Å²) in [6.07, 6.45) is 0.667. The third kappa shape index (κ3) is 2.90. The Kier molecular flexibility index (Phi) is 3.99. The average molecular weight is 265 g/mol. The lowest BCUT2D eigenvalue weighted by Crippen LogP contribution is -1.98. The molecule has 0 unspecified atom stereocenters. The fourth-order valence-corrected chi connectivity index (χ4v) is 1.81. The van der Waals surface area contributed by atoms with Gasteiger partial charge in [-0.1, -0.05) is 23.7 Å². The van der Waals surface area contributed by atoms with Crippen molar-refractivity contribution >= 4 is 11.6 Å². The van der Waals surface area contributed by atoms with Crippen LogP contribution in [0.2, 0.25) is 5.02 Å². The molecule has 1 aromatic heterocycles. The molecular weight excluding hydrogens is 252 g/mol. The molecule has 0 fully saturated rings. The fraction of sp³-hybridized carbons (Fsp3) is 0.231. The molecule has 1 aromatic carbocycles. The van der Waals surface area contributed by atoms with Gasteiger partial charge in [0.2, 0.25) is 0 Å². The van der Waals surface area contributed by atoms with Gasteiger partial charge >= 0.3 is 0 Å². The summed E-state index contributed by atoms with van der Waals surface area (Å²) in [6.45, 7) is 0. The Labute approximate surface area is 111 Å². The van der Waals surface area contributed by atoms with Gasteiger partial charge in [0.15, 0.2) is 0 Å². The highest BCUT2D eigenvalue weighted by molar-refractivity contribution is 6.31. The van der Waals surface area contributed by atoms with Gasteiger partial charge in [-0.3, -0.25) is 0 Å². The van der Waals surface area contributed by atoms with E-state index in [-0.39, 0.29) is 0 Å². The first-order valence-corrected chi connectivity index (χ1v) is 5.79. The van der Waals surface area contributed by atoms with Gasteiger partial charge in [0.05, 0.1) is 19.9 Å². The number of halogens is 1. The van der Waals surface area contributed by atoms with Crippen LogP contribution in [0.3, 0.4) is 0 Å². The van der Waals surface area contributed by atoms with Crippen molar-refractivity contribution in [2.24, 2.45) is 0 Å². The Hall–Kier alpha value is -1.81. The first kappa shape index (κ1) is 12.6. The van der Waals surface area contributed by atoms with E-state index in [2.05, 4.69) is 10.2 Å². The first-order chi connectivity index (χ1) is 8.72. The number of methoxy groups -OCH3 is 2. The molecule has 94 valence electrons. The van der Waals surface area contributed by atoms with E-state index < -0.39 is 0 Å². The van der Waals surface area contributed by atoms with Crippen molar-refractivity contribution in [3.05, 3.63) is 46.6 Å². The molecule has 0 bridgehead atoms. The summed E-state index contributed by atoms with van der Waals surface area (Å²) in [4.78, 5) is 0. The first-order valence-electron chi connectivity index (χ1n) is 5.42. The second-order valence-electron chi connectivity index (χ2n) is 3.72. The summed E-state index contributed by atoms with van der Waals surface area (Å²) >= 11 is 6.00. The molecule has 2 rings (SSSR count). The largest absolute Gasteiger partial charge is 0.497 e. The molecule has 0 saturated carbocycles. The van der Waals surface area contributed by atoms with E-state index in [9.17, 15) is 0 Å². The van der Waals surface area contributed by atoms with Crippen LogP contribution in [0, 0.1) is 0 Å². The Morgan fingerprint density at radius 2 is 1.78 bits per heavy atom. The summed E-state index contributed by atoms with van der Waals surface area (Å²) in [6, 6.07) is 9.55. The van der Waals surface area contributed by atoms with Gasteiger partial charge in [0, 0.05) is 6.42 Å². The predicted molar refractivity (Wildman–Crippen MR) is 69.4 cm³/mol. The highest BCUT2D eigenvalue weighted by atomic mass is 35.5. The summed E-state index contributed by atoms with van der Waals surface area (Å²) in [5.41, 5.74) is 1.91. The van der Waals surface area contributed by atoms with Crippen LogP contribution >= 0.6 is 11.6 Å². The Morgan fingerprint density at radius 3 is 2.33 bits per heavy atom. The van der Waals surface area contributed by atoms with Crippen molar-refractivity contribution in [3.8, 4) is 11.6 Å². The number of nitrogens with zero attached hydrogens (tertiary/aromatic N) is 2. The zero-order valence-electron chi connectivity index (χ0n) is 10.2. The van der Waals surface area contributed by atoms with Gasteiger partial charge in [-0.15, -0.1) is 5.10 Å². The minimum Gasteiger partial charge on any atom is -0.497 e. The monoisotopic (exact) mass is 264 g/mol. The molecule has 0 aliphatic rings. The van der Waals surface area contributed by atoms with Gasteiger partial charge in [-0.05, 0) is 23.8 Å². The molecule has 0 aliphatic heterocycles. The van der Waals surface area contributed by atoms with Crippen molar-refractivity contribution in [2.45, 2.75) is 6.42 Å². The maximum Gasteiger partial charge on any atom is 0.252 e. The number of hydrogen-bond donors (Lipinski definition) is 0. The van der Waals surface area contributed by atoms with E-state index in [0.717, 1.165) is 17.0 Å². The third-order valence-electron chi connectivity index (χ3n) is 2.50. The molecule has 0 spiro atoms. The summed E-state index contributed by atoms with van der Waals surface area (Å²) in [7, 11) is 3.16. The molecule has 1 heterocycles. The molecule has 4 nitrogen and oxygen atoms in total. The molecule has 0 N–H and O–H groups in total. The highest BCUT2D eigenvalue weighted by Gasteiger charge is 2.06. The van der Waals surface area contributed by atoms with Crippen molar-refractivity contribution in [1.29, 1.82) is 0 Å². The fourth-order valence-electron chi connectivity index (χ4n) is 1.57. The Balaban J connectivity index is 2.15. The lowest BCUT2D eigenvalue weighted by molar-refractivity contribution is 0.391. The van der Waals surface area contributed by atoms with Crippen molar-refractivity contribution < 1.29 is 9.47 Å². The minimum atomic E-state index is 0.343. The molecule has 0 saturated heterocycles. The van der Waals surface area contributed by atoms with Crippen molar-refractivity contribution in [2.75, 3.05) is 14.2 Å². The summed E-state index contributed by atoms with van der Waals surface area (Å²) in [5.74, 6) is 1.17. The van der Waals surface area contributed by atoms with Crippen LogP contribution < -0.4 is 9.47 Å². The minimum absolute atomic E-state index is 0.343. The predicted octanol–water partition coefficient (Wildman–Crippen LogP) is 2.74. The standard InChI is InChI=1S/C13H13ClN2O2/c1-17-11-5-3-9(4-6-11)7-10-8-12(14)13(18-2)16-15-10/h3-6,8H,7H2,1-2H3. The number of benzene rings is 1. The summed E-state index contributed by atoms with van der Waals surface area (Å²) in [5, 5.41) is 8.42. The van der Waals surface area contributed by atoms with Crippen molar-refractivity contribution in [3.63, 3.8) is 0 Å². The Morgan fingerprint density at radius 1 is 1.06 bits per heavy atom. The van der Waals surface area contributed by atoms with Crippen LogP contribution in [0.15, 0.2) is 30.3 Å². The van der Waals surface area contributed by atoms with Gasteiger partial charge in [-0.2, -0.15) is 5.10 Å². The number of rotatable bonds is 4. The van der Waals surface area contributed by atoms with Crippen LogP contribution in [0.4, 0.5) is 0 Å². The number of hydrogen-bond acceptors (Lipinski definition) is 4. The maximum atomic E-state index is 6.00. The molecule has 2 aromatic rings. The van der Waals surface area contributed by atoms with Gasteiger partial charge in [-0.25, -0.2) is 0 Å². The Bertz CT molecular complexity index is 529. The van der Waals surface area contributed by atoms with E-state index in [1.165, 1.54) is 7.11 Å². The molecule has 0 radical (unpaired) electrons. The topological polar surface area (TPSA) is 44.2 Å². The molecule has 0 amide bonds. The van der Waals surface area contributed by atoms with Crippen LogP contribution in [0.25, 0.3) is 0 Å². The quantitative estimate of drug-likeness (QED) is 0.852. The SMILES string of the molecule is COc1ccc(Cc2cc(Cl)c(OC)nn2)cc1. The maximum absolute atomic E-state index is 6.00. The molecular formula is C13H13ClN2O2. The second kappa shape index (κ2) is 5.69. The molecule has 0 atom stereocenters. The zero-order chi connectivity index (χ0) is 13.0. The normalized spacial score (nSPS) is 10.2. The molecule has 18 heavy (non-hydrogen) atoms. The van der Waals surface area contributed by atoms with E-state index in [4.69, 9.17) is 21.1 Å². The van der Waals surface area contributed by atoms with Crippen molar-refractivity contribution in [1.82, 2.24) is 10.2 Å². The lowest BCUT2D eigenvalue weighted by atomic mass is 10.1.